The molecule has 0 N–H and O–H groups in total. The minimum atomic E-state index is -0.779. The number of benzene rings is 1. The van der Waals surface area contributed by atoms with Gasteiger partial charge in [-0.15, -0.1) is 0 Å². The van der Waals surface area contributed by atoms with Gasteiger partial charge in [0.2, 0.25) is 5.78 Å². The molecule has 0 aliphatic heterocycles. The van der Waals surface area contributed by atoms with Gasteiger partial charge in [0.1, 0.15) is 11.6 Å². The van der Waals surface area contributed by atoms with E-state index in [2.05, 4.69) is 15.9 Å². The topological polar surface area (TPSA) is 30.2 Å². The number of hydrogen-bond donors (Lipinski definition) is 0. The van der Waals surface area contributed by atoms with E-state index in [1.54, 1.807) is 0 Å². The molecule has 0 bridgehead atoms. The summed E-state index contributed by atoms with van der Waals surface area (Å²) in [6, 6.07) is 5.58. The van der Waals surface area contributed by atoms with Gasteiger partial charge in [-0.2, -0.15) is 0 Å². The Kier molecular flexibility index (Phi) is 2.87. The van der Waals surface area contributed by atoms with E-state index < -0.39 is 17.4 Å². The fourth-order valence-electron chi connectivity index (χ4n) is 1.24. The Balaban J connectivity index is 2.45. The van der Waals surface area contributed by atoms with Crippen LogP contribution in [-0.2, 0) is 0 Å². The molecule has 0 atom stereocenters. The first-order chi connectivity index (χ1) is 7.58. The van der Waals surface area contributed by atoms with Gasteiger partial charge < -0.3 is 4.42 Å². The Labute approximate surface area is 98.0 Å². The third kappa shape index (κ3) is 2.04. The summed E-state index contributed by atoms with van der Waals surface area (Å²) in [7, 11) is 0. The lowest BCUT2D eigenvalue weighted by Gasteiger charge is -1.99. The fourth-order valence-corrected chi connectivity index (χ4v) is 1.55. The van der Waals surface area contributed by atoms with Gasteiger partial charge >= 0.3 is 0 Å². The second kappa shape index (κ2) is 4.17. The Morgan fingerprint density at radius 2 is 1.94 bits per heavy atom. The molecule has 82 valence electrons. The molecule has 0 unspecified atom stereocenters. The van der Waals surface area contributed by atoms with Crippen LogP contribution in [0.15, 0.2) is 39.4 Å². The molecule has 0 amide bonds. The second-order valence-electron chi connectivity index (χ2n) is 3.06. The maximum absolute atomic E-state index is 13.3. The van der Waals surface area contributed by atoms with Gasteiger partial charge in [-0.25, -0.2) is 8.78 Å². The van der Waals surface area contributed by atoms with E-state index in [1.807, 2.05) is 0 Å². The minimum absolute atomic E-state index is 0.0450. The average molecular weight is 287 g/mol. The molecule has 1 heterocycles. The van der Waals surface area contributed by atoms with Crippen molar-refractivity contribution in [2.24, 2.45) is 0 Å². The van der Waals surface area contributed by atoms with Crippen LogP contribution in [0.2, 0.25) is 0 Å². The SMILES string of the molecule is O=C(c1ccc(Br)o1)c1cc(F)ccc1F. The molecule has 0 fully saturated rings. The quantitative estimate of drug-likeness (QED) is 0.791. The number of carbonyl (C=O) groups is 1. The maximum atomic E-state index is 13.3. The monoisotopic (exact) mass is 286 g/mol. The first kappa shape index (κ1) is 11.0. The van der Waals surface area contributed by atoms with E-state index in [-0.39, 0.29) is 11.3 Å². The van der Waals surface area contributed by atoms with Crippen LogP contribution < -0.4 is 0 Å². The van der Waals surface area contributed by atoms with E-state index in [9.17, 15) is 13.6 Å². The molecule has 1 aromatic carbocycles. The molecule has 2 nitrogen and oxygen atoms in total. The maximum Gasteiger partial charge on any atom is 0.231 e. The van der Waals surface area contributed by atoms with Crippen molar-refractivity contribution < 1.29 is 18.0 Å². The van der Waals surface area contributed by atoms with E-state index >= 15 is 0 Å². The summed E-state index contributed by atoms with van der Waals surface area (Å²) < 4.78 is 31.5. The van der Waals surface area contributed by atoms with E-state index in [4.69, 9.17) is 4.42 Å². The highest BCUT2D eigenvalue weighted by Gasteiger charge is 2.17. The molecule has 0 saturated carbocycles. The summed E-state index contributed by atoms with van der Waals surface area (Å²) >= 11 is 3.02. The molecule has 2 rings (SSSR count). The van der Waals surface area contributed by atoms with Crippen LogP contribution in [0.4, 0.5) is 8.78 Å². The molecular weight excluding hydrogens is 282 g/mol. The predicted molar refractivity (Wildman–Crippen MR) is 56.2 cm³/mol. The average Bonchev–Trinajstić information content (AvgIpc) is 2.67. The molecule has 0 radical (unpaired) electrons. The fraction of sp³-hybridized carbons (Fsp3) is 0. The summed E-state index contributed by atoms with van der Waals surface area (Å²) in [4.78, 5) is 11.7. The zero-order valence-electron chi connectivity index (χ0n) is 7.84. The number of furan rings is 1. The van der Waals surface area contributed by atoms with Crippen molar-refractivity contribution in [3.63, 3.8) is 0 Å². The summed E-state index contributed by atoms with van der Waals surface area (Å²) in [5.41, 5.74) is -0.346. The normalized spacial score (nSPS) is 10.4. The van der Waals surface area contributed by atoms with Crippen LogP contribution in [0.1, 0.15) is 16.1 Å². The summed E-state index contributed by atoms with van der Waals surface area (Å²) in [6.45, 7) is 0. The third-order valence-electron chi connectivity index (χ3n) is 1.97. The lowest BCUT2D eigenvalue weighted by atomic mass is 10.1. The standard InChI is InChI=1S/C11H5BrF2O2/c12-10-4-3-9(16-10)11(15)7-5-6(13)1-2-8(7)14/h1-5H. The molecule has 1 aromatic heterocycles. The first-order valence-corrected chi connectivity index (χ1v) is 5.12. The van der Waals surface area contributed by atoms with Gasteiger partial charge in [-0.3, -0.25) is 4.79 Å². The third-order valence-corrected chi connectivity index (χ3v) is 2.40. The summed E-state index contributed by atoms with van der Waals surface area (Å²) in [5.74, 6) is -2.19. The lowest BCUT2D eigenvalue weighted by molar-refractivity contribution is 0.100. The van der Waals surface area contributed by atoms with Gasteiger partial charge in [0, 0.05) is 0 Å². The highest BCUT2D eigenvalue weighted by atomic mass is 79.9. The van der Waals surface area contributed by atoms with Gasteiger partial charge in [0.15, 0.2) is 10.4 Å². The predicted octanol–water partition coefficient (Wildman–Crippen LogP) is 3.55. The molecule has 0 aliphatic rings. The number of hydrogen-bond acceptors (Lipinski definition) is 2. The van der Waals surface area contributed by atoms with Crippen molar-refractivity contribution in [1.82, 2.24) is 0 Å². The first-order valence-electron chi connectivity index (χ1n) is 4.33. The zero-order valence-corrected chi connectivity index (χ0v) is 9.42. The van der Waals surface area contributed by atoms with Crippen molar-refractivity contribution in [3.8, 4) is 0 Å². The smallest absolute Gasteiger partial charge is 0.231 e. The van der Waals surface area contributed by atoms with E-state index in [1.165, 1.54) is 12.1 Å². The Hall–Kier alpha value is -1.49. The van der Waals surface area contributed by atoms with Crippen molar-refractivity contribution in [3.05, 3.63) is 58.0 Å². The van der Waals surface area contributed by atoms with Gasteiger partial charge in [-0.1, -0.05) is 0 Å². The van der Waals surface area contributed by atoms with Crippen molar-refractivity contribution in [1.29, 1.82) is 0 Å². The minimum Gasteiger partial charge on any atom is -0.446 e. The van der Waals surface area contributed by atoms with E-state index in [0.29, 0.717) is 4.67 Å². The summed E-state index contributed by atoms with van der Waals surface area (Å²) in [5, 5.41) is 0. The zero-order chi connectivity index (χ0) is 11.7. The lowest BCUT2D eigenvalue weighted by Crippen LogP contribution is -2.03. The second-order valence-corrected chi connectivity index (χ2v) is 3.84. The molecular formula is C11H5BrF2O2. The molecule has 0 spiro atoms. The van der Waals surface area contributed by atoms with Crippen LogP contribution >= 0.6 is 15.9 Å². The van der Waals surface area contributed by atoms with Gasteiger partial charge in [0.05, 0.1) is 5.56 Å². The Bertz CT molecular complexity index is 549. The van der Waals surface area contributed by atoms with Gasteiger partial charge in [0.25, 0.3) is 0 Å². The van der Waals surface area contributed by atoms with Crippen LogP contribution in [0.3, 0.4) is 0 Å². The molecule has 5 heteroatoms. The number of carbonyl (C=O) groups excluding carboxylic acids is 1. The van der Waals surface area contributed by atoms with Crippen molar-refractivity contribution in [2.75, 3.05) is 0 Å². The Morgan fingerprint density at radius 3 is 2.56 bits per heavy atom. The number of halogens is 3. The highest BCUT2D eigenvalue weighted by molar-refractivity contribution is 9.10. The molecule has 16 heavy (non-hydrogen) atoms. The molecule has 0 saturated heterocycles. The van der Waals surface area contributed by atoms with Crippen LogP contribution in [0.25, 0.3) is 0 Å². The van der Waals surface area contributed by atoms with E-state index in [0.717, 1.165) is 18.2 Å². The summed E-state index contributed by atoms with van der Waals surface area (Å²) in [6.07, 6.45) is 0. The van der Waals surface area contributed by atoms with Crippen LogP contribution in [-0.4, -0.2) is 5.78 Å². The van der Waals surface area contributed by atoms with Crippen LogP contribution in [0.5, 0.6) is 0 Å². The Morgan fingerprint density at radius 1 is 1.19 bits per heavy atom. The van der Waals surface area contributed by atoms with Gasteiger partial charge in [-0.05, 0) is 46.3 Å². The number of rotatable bonds is 2. The molecule has 2 aromatic rings. The highest BCUT2D eigenvalue weighted by Crippen LogP contribution is 2.19. The number of ketones is 1. The largest absolute Gasteiger partial charge is 0.446 e. The molecule has 0 aliphatic carbocycles. The van der Waals surface area contributed by atoms with Crippen LogP contribution in [0, 0.1) is 11.6 Å². The van der Waals surface area contributed by atoms with Crippen molar-refractivity contribution in [2.45, 2.75) is 0 Å². The van der Waals surface area contributed by atoms with Crippen molar-refractivity contribution >= 4 is 21.7 Å².